The summed E-state index contributed by atoms with van der Waals surface area (Å²) in [6.45, 7) is 0.148. The first kappa shape index (κ1) is 24.1. The molecule has 182 valence electrons. The van der Waals surface area contributed by atoms with Crippen LogP contribution in [-0.2, 0) is 21.9 Å². The van der Waals surface area contributed by atoms with Gasteiger partial charge >= 0.3 is 0 Å². The van der Waals surface area contributed by atoms with Crippen LogP contribution in [0.4, 0.5) is 23.4 Å². The van der Waals surface area contributed by atoms with Gasteiger partial charge in [0.1, 0.15) is 23.5 Å². The van der Waals surface area contributed by atoms with Crippen molar-refractivity contribution in [1.82, 2.24) is 15.0 Å². The standard InChI is InChI=1S/C22H22F4N4O3S/c1-33-21-18-15(11-16(30-21)22(26)6-9-34(31,32)10-7-22)20(29-12-28-18)27-8-5-13-3-2-4-14(17(13)23)19(24)25/h2-4,11-12,19H,5-10H2,1H3,(H,27,28,29). The molecule has 4 rings (SSSR count). The van der Waals surface area contributed by atoms with Gasteiger partial charge in [0.2, 0.25) is 5.88 Å². The number of nitrogens with one attached hydrogen (secondary N) is 1. The highest BCUT2D eigenvalue weighted by Crippen LogP contribution is 2.40. The van der Waals surface area contributed by atoms with E-state index in [0.29, 0.717) is 16.7 Å². The molecular weight excluding hydrogens is 476 g/mol. The molecule has 12 heteroatoms. The van der Waals surface area contributed by atoms with Gasteiger partial charge in [-0.3, -0.25) is 0 Å². The summed E-state index contributed by atoms with van der Waals surface area (Å²) in [5.41, 5.74) is -2.18. The second kappa shape index (κ2) is 9.32. The maximum Gasteiger partial charge on any atom is 0.266 e. The van der Waals surface area contributed by atoms with Crippen molar-refractivity contribution >= 4 is 26.6 Å². The second-order valence-corrected chi connectivity index (χ2v) is 10.4. The van der Waals surface area contributed by atoms with Crippen molar-refractivity contribution in [3.63, 3.8) is 0 Å². The van der Waals surface area contributed by atoms with Crippen LogP contribution in [0, 0.1) is 5.82 Å². The maximum atomic E-state index is 15.7. The van der Waals surface area contributed by atoms with Crippen LogP contribution in [0.25, 0.3) is 10.9 Å². The van der Waals surface area contributed by atoms with Crippen molar-refractivity contribution < 1.29 is 30.7 Å². The molecule has 1 N–H and O–H groups in total. The van der Waals surface area contributed by atoms with Crippen molar-refractivity contribution in [2.75, 3.05) is 30.5 Å². The average molecular weight is 499 g/mol. The van der Waals surface area contributed by atoms with Crippen molar-refractivity contribution in [2.24, 2.45) is 0 Å². The third-order valence-electron chi connectivity index (χ3n) is 5.89. The Morgan fingerprint density at radius 1 is 1.21 bits per heavy atom. The van der Waals surface area contributed by atoms with Crippen LogP contribution in [0.3, 0.4) is 0 Å². The van der Waals surface area contributed by atoms with Crippen molar-refractivity contribution in [2.45, 2.75) is 31.4 Å². The number of benzene rings is 1. The van der Waals surface area contributed by atoms with Crippen molar-refractivity contribution in [3.8, 4) is 5.88 Å². The summed E-state index contributed by atoms with van der Waals surface area (Å²) < 4.78 is 84.7. The van der Waals surface area contributed by atoms with Crippen LogP contribution in [0.1, 0.15) is 36.1 Å². The van der Waals surface area contributed by atoms with Gasteiger partial charge in [0.15, 0.2) is 15.5 Å². The number of rotatable bonds is 7. The molecule has 1 aromatic carbocycles. The van der Waals surface area contributed by atoms with Crippen LogP contribution < -0.4 is 10.1 Å². The fraction of sp³-hybridized carbons (Fsp3) is 0.409. The van der Waals surface area contributed by atoms with E-state index in [1.807, 2.05) is 0 Å². The molecule has 1 aliphatic rings. The molecule has 34 heavy (non-hydrogen) atoms. The molecule has 0 amide bonds. The van der Waals surface area contributed by atoms with Crippen LogP contribution in [0.2, 0.25) is 0 Å². The first-order chi connectivity index (χ1) is 16.1. The third kappa shape index (κ3) is 4.77. The molecule has 1 fully saturated rings. The molecule has 0 spiro atoms. The molecule has 3 heterocycles. The number of aromatic nitrogens is 3. The predicted octanol–water partition coefficient (Wildman–Crippen LogP) is 4.14. The summed E-state index contributed by atoms with van der Waals surface area (Å²) in [5, 5.41) is 3.40. The molecule has 0 unspecified atom stereocenters. The molecule has 0 atom stereocenters. The van der Waals surface area contributed by atoms with Gasteiger partial charge in [-0.05, 0) is 18.1 Å². The zero-order valence-electron chi connectivity index (χ0n) is 18.2. The Bertz CT molecular complexity index is 1310. The van der Waals surface area contributed by atoms with Gasteiger partial charge in [-0.1, -0.05) is 18.2 Å². The van der Waals surface area contributed by atoms with E-state index in [1.165, 1.54) is 31.6 Å². The highest BCUT2D eigenvalue weighted by atomic mass is 32.2. The summed E-state index contributed by atoms with van der Waals surface area (Å²) in [6.07, 6.45) is -2.02. The highest BCUT2D eigenvalue weighted by Gasteiger charge is 2.41. The molecule has 0 radical (unpaired) electrons. The first-order valence-electron chi connectivity index (χ1n) is 10.5. The van der Waals surface area contributed by atoms with E-state index in [1.54, 1.807) is 0 Å². The molecule has 0 aliphatic carbocycles. The van der Waals surface area contributed by atoms with Crippen LogP contribution in [-0.4, -0.2) is 48.5 Å². The molecule has 1 aliphatic heterocycles. The summed E-state index contributed by atoms with van der Waals surface area (Å²) in [7, 11) is -1.94. The number of alkyl halides is 3. The number of nitrogens with zero attached hydrogens (tertiary/aromatic N) is 3. The van der Waals surface area contributed by atoms with Gasteiger partial charge < -0.3 is 10.1 Å². The quantitative estimate of drug-likeness (QED) is 0.490. The highest BCUT2D eigenvalue weighted by molar-refractivity contribution is 7.91. The number of pyridine rings is 1. The van der Waals surface area contributed by atoms with E-state index in [2.05, 4.69) is 20.3 Å². The van der Waals surface area contributed by atoms with E-state index in [0.717, 1.165) is 6.07 Å². The number of anilines is 1. The smallest absolute Gasteiger partial charge is 0.266 e. The largest absolute Gasteiger partial charge is 0.479 e. The molecule has 0 saturated carbocycles. The summed E-state index contributed by atoms with van der Waals surface area (Å²) in [5.74, 6) is -1.17. The van der Waals surface area contributed by atoms with E-state index >= 15 is 4.39 Å². The van der Waals surface area contributed by atoms with E-state index in [4.69, 9.17) is 4.74 Å². The van der Waals surface area contributed by atoms with Gasteiger partial charge in [-0.2, -0.15) is 0 Å². The fourth-order valence-corrected chi connectivity index (χ4v) is 5.41. The molecule has 0 bridgehead atoms. The Morgan fingerprint density at radius 2 is 1.94 bits per heavy atom. The summed E-state index contributed by atoms with van der Waals surface area (Å²) >= 11 is 0. The molecule has 1 saturated heterocycles. The Kier molecular flexibility index (Phi) is 6.61. The Balaban J connectivity index is 1.63. The zero-order chi connectivity index (χ0) is 24.5. The number of sulfone groups is 1. The average Bonchev–Trinajstić information content (AvgIpc) is 2.81. The molecule has 7 nitrogen and oxygen atoms in total. The van der Waals surface area contributed by atoms with Crippen LogP contribution >= 0.6 is 0 Å². The Morgan fingerprint density at radius 3 is 2.62 bits per heavy atom. The van der Waals surface area contributed by atoms with Gasteiger partial charge in [-0.25, -0.2) is 40.9 Å². The van der Waals surface area contributed by atoms with Crippen LogP contribution in [0.15, 0.2) is 30.6 Å². The van der Waals surface area contributed by atoms with Gasteiger partial charge in [0.05, 0.1) is 35.3 Å². The number of halogens is 4. The topological polar surface area (TPSA) is 94.1 Å². The summed E-state index contributed by atoms with van der Waals surface area (Å²) in [4.78, 5) is 12.6. The van der Waals surface area contributed by atoms with Crippen molar-refractivity contribution in [3.05, 3.63) is 53.2 Å². The number of hydrogen-bond acceptors (Lipinski definition) is 7. The number of ether oxygens (including phenoxy) is 1. The second-order valence-electron chi connectivity index (χ2n) is 8.05. The maximum absolute atomic E-state index is 15.7. The Hall–Kier alpha value is -3.02. The van der Waals surface area contributed by atoms with E-state index in [-0.39, 0.29) is 54.5 Å². The lowest BCUT2D eigenvalue weighted by Crippen LogP contribution is -2.34. The number of hydrogen-bond donors (Lipinski definition) is 1. The SMILES string of the molecule is COc1nc(C2(F)CCS(=O)(=O)CC2)cc2c(NCCc3cccc(C(F)F)c3F)ncnc12. The molecular formula is C22H22F4N4O3S. The Labute approximate surface area is 193 Å². The lowest BCUT2D eigenvalue weighted by atomic mass is 9.93. The van der Waals surface area contributed by atoms with Crippen molar-refractivity contribution in [1.29, 1.82) is 0 Å². The molecule has 3 aromatic rings. The minimum Gasteiger partial charge on any atom is -0.479 e. The van der Waals surface area contributed by atoms with Gasteiger partial charge in [0, 0.05) is 19.4 Å². The normalized spacial score (nSPS) is 17.1. The number of methoxy groups -OCH3 is 1. The van der Waals surface area contributed by atoms with Crippen LogP contribution in [0.5, 0.6) is 5.88 Å². The lowest BCUT2D eigenvalue weighted by molar-refractivity contribution is 0.141. The lowest BCUT2D eigenvalue weighted by Gasteiger charge is -2.29. The summed E-state index contributed by atoms with van der Waals surface area (Å²) in [6, 6.07) is 5.29. The van der Waals surface area contributed by atoms with E-state index in [9.17, 15) is 21.6 Å². The third-order valence-corrected chi connectivity index (χ3v) is 7.54. The monoisotopic (exact) mass is 498 g/mol. The minimum atomic E-state index is -3.29. The van der Waals surface area contributed by atoms with Gasteiger partial charge in [-0.15, -0.1) is 0 Å². The molecule has 2 aromatic heterocycles. The zero-order valence-corrected chi connectivity index (χ0v) is 19.0. The van der Waals surface area contributed by atoms with Gasteiger partial charge in [0.25, 0.3) is 6.43 Å². The van der Waals surface area contributed by atoms with E-state index < -0.39 is 33.3 Å². The predicted molar refractivity (Wildman–Crippen MR) is 118 cm³/mol. The fourth-order valence-electron chi connectivity index (χ4n) is 3.94. The first-order valence-corrected chi connectivity index (χ1v) is 12.3. The minimum absolute atomic E-state index is 0.0141. The number of fused-ring (bicyclic) bond motifs is 1.